The normalized spacial score (nSPS) is 12.6. The Hall–Kier alpha value is -3.62. The number of nitrogens with two attached hydrogens (primary N) is 1. The molecule has 0 aromatic heterocycles. The fraction of sp³-hybridized carbons (Fsp3) is 0.592. The summed E-state index contributed by atoms with van der Waals surface area (Å²) in [5, 5.41) is 2.97. The summed E-state index contributed by atoms with van der Waals surface area (Å²) in [5.41, 5.74) is 7.52. The highest BCUT2D eigenvalue weighted by atomic mass is 28.4. The second-order valence-corrected chi connectivity index (χ2v) is 21.9. The zero-order chi connectivity index (χ0) is 44.4. The molecule has 1 unspecified atom stereocenters. The second kappa shape index (κ2) is 28.1. The molecule has 11 nitrogen and oxygen atoms in total. The van der Waals surface area contributed by atoms with Crippen molar-refractivity contribution in [2.45, 2.75) is 102 Å². The molecule has 0 saturated heterocycles. The number of hydrogen-bond donors (Lipinski definition) is 2. The van der Waals surface area contributed by atoms with E-state index in [2.05, 4.69) is 75.6 Å². The van der Waals surface area contributed by atoms with Crippen LogP contribution in [0.2, 0.25) is 18.1 Å². The standard InChI is InChI=1S/C49H76N2O9Si/c1-48(2,3)61(6,7)60-39-40(16-10-8-13-19-44(52)24-29-47(53)51-31-15-33-57-35-37-58-36-34-56-32-14-30-50)38-59-49(41-17-11-9-12-18-41,42-20-25-45(54-4)26-21-42)43-22-27-46(55-5)28-23-43/h9,11-12,17-18,20-23,25-28,40H,8,10,13-16,19,24,29-39,50H2,1-7H3,(H,51,53). The summed E-state index contributed by atoms with van der Waals surface area (Å²) in [5.74, 6) is 1.68. The highest BCUT2D eigenvalue weighted by Gasteiger charge is 2.40. The molecule has 1 atom stereocenters. The first-order valence-electron chi connectivity index (χ1n) is 22.2. The summed E-state index contributed by atoms with van der Waals surface area (Å²) in [6, 6.07) is 26.6. The Bertz CT molecular complexity index is 1590. The SMILES string of the molecule is COc1ccc(C(OCC(CCCCCC(=O)CCC(=O)NCCCOCCOCCOCCCN)CO[Si](C)(C)C(C)(C)C)(c2ccccc2)c2ccc(OC)cc2)cc1. The number of rotatable bonds is 33. The number of amides is 1. The molecule has 0 spiro atoms. The van der Waals surface area contributed by atoms with Gasteiger partial charge in [-0.05, 0) is 91.3 Å². The minimum atomic E-state index is -2.05. The van der Waals surface area contributed by atoms with E-state index in [1.54, 1.807) is 14.2 Å². The van der Waals surface area contributed by atoms with E-state index in [-0.39, 0.29) is 35.5 Å². The van der Waals surface area contributed by atoms with Crippen molar-refractivity contribution < 1.29 is 42.4 Å². The smallest absolute Gasteiger partial charge is 0.220 e. The topological polar surface area (TPSA) is 137 Å². The lowest BCUT2D eigenvalue weighted by Gasteiger charge is -2.39. The first kappa shape index (κ1) is 51.7. The quantitative estimate of drug-likeness (QED) is 0.0347. The van der Waals surface area contributed by atoms with Crippen molar-refractivity contribution in [1.29, 1.82) is 0 Å². The maximum Gasteiger partial charge on any atom is 0.220 e. The van der Waals surface area contributed by atoms with E-state index in [4.69, 9.17) is 38.6 Å². The van der Waals surface area contributed by atoms with Gasteiger partial charge in [-0.3, -0.25) is 9.59 Å². The van der Waals surface area contributed by atoms with Gasteiger partial charge in [-0.2, -0.15) is 0 Å². The molecule has 3 aromatic carbocycles. The van der Waals surface area contributed by atoms with E-state index in [0.29, 0.717) is 78.8 Å². The van der Waals surface area contributed by atoms with Crippen molar-refractivity contribution in [3.8, 4) is 11.5 Å². The molecule has 3 N–H and O–H groups in total. The third kappa shape index (κ3) is 18.3. The van der Waals surface area contributed by atoms with Gasteiger partial charge in [-0.1, -0.05) is 88.2 Å². The molecule has 0 fully saturated rings. The van der Waals surface area contributed by atoms with Crippen LogP contribution in [0, 0.1) is 5.92 Å². The Labute approximate surface area is 367 Å². The Morgan fingerprint density at radius 1 is 0.639 bits per heavy atom. The van der Waals surface area contributed by atoms with Crippen molar-refractivity contribution >= 4 is 20.0 Å². The highest BCUT2D eigenvalue weighted by Crippen LogP contribution is 2.43. The number of ether oxygens (including phenoxy) is 6. The lowest BCUT2D eigenvalue weighted by molar-refractivity contribution is -0.125. The van der Waals surface area contributed by atoms with Crippen LogP contribution in [0.1, 0.15) is 95.2 Å². The van der Waals surface area contributed by atoms with Crippen molar-refractivity contribution in [2.75, 3.05) is 80.2 Å². The third-order valence-corrected chi connectivity index (χ3v) is 15.9. The van der Waals surface area contributed by atoms with Crippen molar-refractivity contribution in [2.24, 2.45) is 11.7 Å². The van der Waals surface area contributed by atoms with E-state index >= 15 is 0 Å². The summed E-state index contributed by atoms with van der Waals surface area (Å²) in [6.45, 7) is 16.8. The van der Waals surface area contributed by atoms with E-state index in [1.165, 1.54) is 0 Å². The van der Waals surface area contributed by atoms with Gasteiger partial charge >= 0.3 is 0 Å². The molecular weight excluding hydrogens is 789 g/mol. The molecule has 0 bridgehead atoms. The molecule has 340 valence electrons. The average molecular weight is 865 g/mol. The number of unbranched alkanes of at least 4 members (excludes halogenated alkanes) is 2. The monoisotopic (exact) mass is 865 g/mol. The lowest BCUT2D eigenvalue weighted by Crippen LogP contribution is -2.43. The number of ketones is 1. The molecule has 3 rings (SSSR count). The molecule has 0 aliphatic rings. The van der Waals surface area contributed by atoms with Crippen LogP contribution >= 0.6 is 0 Å². The van der Waals surface area contributed by atoms with Crippen LogP contribution in [-0.2, 0) is 38.6 Å². The van der Waals surface area contributed by atoms with E-state index < -0.39 is 13.9 Å². The number of carbonyl (C=O) groups excluding carboxylic acids is 2. The summed E-state index contributed by atoms with van der Waals surface area (Å²) >= 11 is 0. The molecule has 0 radical (unpaired) electrons. The molecule has 0 aliphatic heterocycles. The van der Waals surface area contributed by atoms with Crippen LogP contribution in [0.15, 0.2) is 78.9 Å². The summed E-state index contributed by atoms with van der Waals surface area (Å²) < 4.78 is 41.7. The van der Waals surface area contributed by atoms with Gasteiger partial charge < -0.3 is 43.9 Å². The fourth-order valence-electron chi connectivity index (χ4n) is 6.60. The van der Waals surface area contributed by atoms with Crippen LogP contribution in [0.25, 0.3) is 0 Å². The lowest BCUT2D eigenvalue weighted by atomic mass is 9.79. The van der Waals surface area contributed by atoms with Crippen molar-refractivity contribution in [1.82, 2.24) is 5.32 Å². The highest BCUT2D eigenvalue weighted by molar-refractivity contribution is 6.74. The van der Waals surface area contributed by atoms with E-state index in [1.807, 2.05) is 42.5 Å². The molecule has 0 aliphatic carbocycles. The molecule has 1 amide bonds. The van der Waals surface area contributed by atoms with Gasteiger partial charge in [0.15, 0.2) is 8.32 Å². The Morgan fingerprint density at radius 3 is 1.72 bits per heavy atom. The van der Waals surface area contributed by atoms with Crippen LogP contribution in [-0.4, -0.2) is 100 Å². The maximum atomic E-state index is 12.8. The Morgan fingerprint density at radius 2 is 1.18 bits per heavy atom. The Balaban J connectivity index is 1.55. The minimum absolute atomic E-state index is 0.0701. The van der Waals surface area contributed by atoms with Gasteiger partial charge in [0.25, 0.3) is 0 Å². The zero-order valence-electron chi connectivity index (χ0n) is 38.3. The third-order valence-electron chi connectivity index (χ3n) is 11.4. The number of benzene rings is 3. The largest absolute Gasteiger partial charge is 0.497 e. The minimum Gasteiger partial charge on any atom is -0.497 e. The fourth-order valence-corrected chi connectivity index (χ4v) is 7.69. The second-order valence-electron chi connectivity index (χ2n) is 17.1. The first-order chi connectivity index (χ1) is 29.4. The van der Waals surface area contributed by atoms with E-state index in [9.17, 15) is 9.59 Å². The molecular formula is C49H76N2O9Si. The van der Waals surface area contributed by atoms with Gasteiger partial charge in [0.1, 0.15) is 22.9 Å². The summed E-state index contributed by atoms with van der Waals surface area (Å²) in [6.07, 6.45) is 5.99. The molecule has 61 heavy (non-hydrogen) atoms. The number of carbonyl (C=O) groups is 2. The molecule has 0 saturated carbocycles. The Kier molecular flexibility index (Phi) is 23.9. The van der Waals surface area contributed by atoms with Gasteiger partial charge in [-0.25, -0.2) is 0 Å². The van der Waals surface area contributed by atoms with Crippen LogP contribution in [0.3, 0.4) is 0 Å². The van der Waals surface area contributed by atoms with Crippen molar-refractivity contribution in [3.63, 3.8) is 0 Å². The van der Waals surface area contributed by atoms with Gasteiger partial charge in [-0.15, -0.1) is 0 Å². The number of hydrogen-bond acceptors (Lipinski definition) is 10. The summed E-state index contributed by atoms with van der Waals surface area (Å²) in [4.78, 5) is 25.1. The zero-order valence-corrected chi connectivity index (χ0v) is 39.3. The number of methoxy groups -OCH3 is 2. The number of Topliss-reactive ketones (excluding diaryl/α,β-unsaturated/α-hetero) is 1. The van der Waals surface area contributed by atoms with Gasteiger partial charge in [0.2, 0.25) is 5.91 Å². The predicted molar refractivity (Wildman–Crippen MR) is 246 cm³/mol. The van der Waals surface area contributed by atoms with Crippen LogP contribution in [0.4, 0.5) is 0 Å². The van der Waals surface area contributed by atoms with Crippen molar-refractivity contribution in [3.05, 3.63) is 95.6 Å². The summed E-state index contributed by atoms with van der Waals surface area (Å²) in [7, 11) is 1.30. The molecule has 0 heterocycles. The van der Waals surface area contributed by atoms with Crippen LogP contribution < -0.4 is 20.5 Å². The van der Waals surface area contributed by atoms with Crippen LogP contribution in [0.5, 0.6) is 11.5 Å². The van der Waals surface area contributed by atoms with Gasteiger partial charge in [0, 0.05) is 51.5 Å². The van der Waals surface area contributed by atoms with E-state index in [0.717, 1.165) is 60.3 Å². The maximum absolute atomic E-state index is 12.8. The van der Waals surface area contributed by atoms with Gasteiger partial charge in [0.05, 0.1) is 47.3 Å². The molecule has 12 heteroatoms. The predicted octanol–water partition coefficient (Wildman–Crippen LogP) is 8.86. The number of nitrogens with one attached hydrogen (secondary N) is 1. The molecule has 3 aromatic rings. The first-order valence-corrected chi connectivity index (χ1v) is 25.1. The average Bonchev–Trinajstić information content (AvgIpc) is 3.26.